The van der Waals surface area contributed by atoms with E-state index in [1.54, 1.807) is 30.3 Å². The van der Waals surface area contributed by atoms with E-state index in [0.29, 0.717) is 18.4 Å². The molecule has 150 valence electrons. The molecule has 2 N–H and O–H groups in total. The highest BCUT2D eigenvalue weighted by atomic mass is 19.1. The summed E-state index contributed by atoms with van der Waals surface area (Å²) in [5.74, 6) is -0.829. The summed E-state index contributed by atoms with van der Waals surface area (Å²) in [6.45, 7) is 2.09. The molecule has 0 radical (unpaired) electrons. The fourth-order valence-electron chi connectivity index (χ4n) is 4.86. The lowest BCUT2D eigenvalue weighted by Gasteiger charge is -2.40. The van der Waals surface area contributed by atoms with Crippen molar-refractivity contribution in [2.45, 2.75) is 38.0 Å². The van der Waals surface area contributed by atoms with Gasteiger partial charge in [-0.3, -0.25) is 0 Å². The van der Waals surface area contributed by atoms with Crippen molar-refractivity contribution >= 4 is 0 Å². The average Bonchev–Trinajstić information content (AvgIpc) is 2.71. The number of aromatic hydroxyl groups is 2. The van der Waals surface area contributed by atoms with Crippen LogP contribution in [-0.4, -0.2) is 10.2 Å². The van der Waals surface area contributed by atoms with Gasteiger partial charge in [-0.05, 0) is 83.2 Å². The van der Waals surface area contributed by atoms with E-state index in [1.807, 2.05) is 12.1 Å². The molecule has 0 heterocycles. The van der Waals surface area contributed by atoms with E-state index in [1.165, 1.54) is 18.2 Å². The van der Waals surface area contributed by atoms with Crippen molar-refractivity contribution in [2.24, 2.45) is 5.92 Å². The summed E-state index contributed by atoms with van der Waals surface area (Å²) >= 11 is 0. The lowest BCUT2D eigenvalue weighted by atomic mass is 9.64. The number of fused-ring (bicyclic) bond motifs is 1. The van der Waals surface area contributed by atoms with Crippen LogP contribution in [0.1, 0.15) is 47.4 Å². The fraction of sp³-hybridized carbons (Fsp3) is 0.280. The van der Waals surface area contributed by atoms with Gasteiger partial charge in [0.15, 0.2) is 11.6 Å². The molecule has 0 aromatic heterocycles. The van der Waals surface area contributed by atoms with Crippen molar-refractivity contribution in [1.82, 2.24) is 0 Å². The second-order valence-electron chi connectivity index (χ2n) is 7.88. The van der Waals surface area contributed by atoms with Crippen molar-refractivity contribution in [3.63, 3.8) is 0 Å². The van der Waals surface area contributed by atoms with Crippen LogP contribution < -0.4 is 0 Å². The van der Waals surface area contributed by atoms with Gasteiger partial charge >= 0.3 is 0 Å². The summed E-state index contributed by atoms with van der Waals surface area (Å²) in [7, 11) is 0. The molecule has 0 unspecified atom stereocenters. The van der Waals surface area contributed by atoms with Gasteiger partial charge in [0.2, 0.25) is 0 Å². The first-order chi connectivity index (χ1) is 14.0. The Kier molecular flexibility index (Phi) is 5.27. The molecule has 1 aliphatic rings. The van der Waals surface area contributed by atoms with Crippen LogP contribution in [0.4, 0.5) is 8.78 Å². The molecule has 0 fully saturated rings. The van der Waals surface area contributed by atoms with Crippen molar-refractivity contribution in [3.8, 4) is 11.5 Å². The summed E-state index contributed by atoms with van der Waals surface area (Å²) < 4.78 is 28.5. The third-order valence-corrected chi connectivity index (χ3v) is 6.27. The number of phenols is 2. The Labute approximate surface area is 169 Å². The van der Waals surface area contributed by atoms with E-state index in [9.17, 15) is 19.0 Å². The zero-order chi connectivity index (χ0) is 20.5. The predicted octanol–water partition coefficient (Wildman–Crippen LogP) is 6.07. The monoisotopic (exact) mass is 394 g/mol. The minimum atomic E-state index is -0.625. The van der Waals surface area contributed by atoms with E-state index in [4.69, 9.17) is 0 Å². The summed E-state index contributed by atoms with van der Waals surface area (Å²) in [5.41, 5.74) is 3.61. The van der Waals surface area contributed by atoms with Crippen LogP contribution in [0.15, 0.2) is 60.7 Å². The Balaban J connectivity index is 1.81. The molecule has 3 aromatic carbocycles. The van der Waals surface area contributed by atoms with E-state index in [-0.39, 0.29) is 35.1 Å². The van der Waals surface area contributed by atoms with Crippen molar-refractivity contribution in [2.75, 3.05) is 0 Å². The van der Waals surface area contributed by atoms with Gasteiger partial charge in [0.05, 0.1) is 0 Å². The SMILES string of the molecule is CC[C@@H]1[C@H](c2ccc(O)c(F)c2)Cc2ccc(O)cc2[C@@H]1Cc1ccccc1F. The lowest BCUT2D eigenvalue weighted by molar-refractivity contribution is 0.308. The first-order valence-corrected chi connectivity index (χ1v) is 10.0. The second-order valence-corrected chi connectivity index (χ2v) is 7.88. The number of rotatable bonds is 4. The Hall–Kier alpha value is -2.88. The van der Waals surface area contributed by atoms with Gasteiger partial charge in [0.25, 0.3) is 0 Å². The molecule has 1 aliphatic carbocycles. The third kappa shape index (κ3) is 3.71. The minimum absolute atomic E-state index is 0.00499. The molecule has 4 rings (SSSR count). The quantitative estimate of drug-likeness (QED) is 0.564. The van der Waals surface area contributed by atoms with Gasteiger partial charge in [-0.1, -0.05) is 43.7 Å². The standard InChI is InChI=1S/C25H24F2O2/c1-2-19-20(16-8-10-25(29)24(27)13-16)11-15-7-9-18(28)14-21(15)22(19)12-17-5-3-4-6-23(17)26/h3-10,13-14,19-20,22,28-29H,2,11-12H2,1H3/t19-,20+,22-/m1/s1. The normalized spacial score (nSPS) is 21.0. The van der Waals surface area contributed by atoms with Crippen molar-refractivity contribution in [3.05, 3.63) is 94.6 Å². The number of hydrogen-bond donors (Lipinski definition) is 2. The molecule has 0 bridgehead atoms. The molecule has 0 saturated heterocycles. The highest BCUT2D eigenvalue weighted by molar-refractivity contribution is 5.44. The highest BCUT2D eigenvalue weighted by Gasteiger charge is 2.37. The predicted molar refractivity (Wildman–Crippen MR) is 109 cm³/mol. The molecule has 2 nitrogen and oxygen atoms in total. The highest BCUT2D eigenvalue weighted by Crippen LogP contribution is 2.48. The van der Waals surface area contributed by atoms with E-state index < -0.39 is 5.82 Å². The smallest absolute Gasteiger partial charge is 0.165 e. The first kappa shape index (κ1) is 19.4. The van der Waals surface area contributed by atoms with Gasteiger partial charge in [0, 0.05) is 0 Å². The zero-order valence-electron chi connectivity index (χ0n) is 16.3. The van der Waals surface area contributed by atoms with Gasteiger partial charge in [-0.15, -0.1) is 0 Å². The molecule has 0 aliphatic heterocycles. The van der Waals surface area contributed by atoms with Crippen LogP contribution in [0, 0.1) is 17.6 Å². The topological polar surface area (TPSA) is 40.5 Å². The van der Waals surface area contributed by atoms with Crippen molar-refractivity contribution in [1.29, 1.82) is 0 Å². The molecule has 0 amide bonds. The van der Waals surface area contributed by atoms with Gasteiger partial charge in [-0.2, -0.15) is 0 Å². The molecular weight excluding hydrogens is 370 g/mol. The average molecular weight is 394 g/mol. The third-order valence-electron chi connectivity index (χ3n) is 6.27. The first-order valence-electron chi connectivity index (χ1n) is 10.0. The van der Waals surface area contributed by atoms with Crippen LogP contribution in [0.25, 0.3) is 0 Å². The number of benzene rings is 3. The molecule has 4 heteroatoms. The summed E-state index contributed by atoms with van der Waals surface area (Å²) in [6.07, 6.45) is 2.06. The maximum Gasteiger partial charge on any atom is 0.165 e. The van der Waals surface area contributed by atoms with Crippen LogP contribution >= 0.6 is 0 Å². The Morgan fingerprint density at radius 1 is 0.931 bits per heavy atom. The summed E-state index contributed by atoms with van der Waals surface area (Å²) in [5, 5.41) is 19.7. The molecule has 3 atom stereocenters. The molecular formula is C25H24F2O2. The number of phenolic OH excluding ortho intramolecular Hbond substituents is 2. The molecule has 3 aromatic rings. The Bertz CT molecular complexity index is 1030. The van der Waals surface area contributed by atoms with Crippen LogP contribution in [0.5, 0.6) is 11.5 Å². The van der Waals surface area contributed by atoms with Gasteiger partial charge < -0.3 is 10.2 Å². The number of halogens is 2. The molecule has 0 spiro atoms. The van der Waals surface area contributed by atoms with Gasteiger partial charge in [0.1, 0.15) is 11.6 Å². The molecule has 0 saturated carbocycles. The van der Waals surface area contributed by atoms with Crippen molar-refractivity contribution < 1.29 is 19.0 Å². The van der Waals surface area contributed by atoms with Crippen LogP contribution in [0.3, 0.4) is 0 Å². The van der Waals surface area contributed by atoms with Gasteiger partial charge in [-0.25, -0.2) is 8.78 Å². The van der Waals surface area contributed by atoms with Crippen LogP contribution in [-0.2, 0) is 12.8 Å². The maximum atomic E-state index is 14.4. The lowest BCUT2D eigenvalue weighted by Crippen LogP contribution is -2.29. The zero-order valence-corrected chi connectivity index (χ0v) is 16.3. The van der Waals surface area contributed by atoms with E-state index in [0.717, 1.165) is 23.1 Å². The fourth-order valence-corrected chi connectivity index (χ4v) is 4.86. The summed E-state index contributed by atoms with van der Waals surface area (Å²) in [6, 6.07) is 16.7. The Morgan fingerprint density at radius 3 is 2.45 bits per heavy atom. The van der Waals surface area contributed by atoms with Crippen LogP contribution in [0.2, 0.25) is 0 Å². The van der Waals surface area contributed by atoms with E-state index in [2.05, 4.69) is 6.92 Å². The van der Waals surface area contributed by atoms with E-state index >= 15 is 0 Å². The number of hydrogen-bond acceptors (Lipinski definition) is 2. The summed E-state index contributed by atoms with van der Waals surface area (Å²) in [4.78, 5) is 0. The molecule has 29 heavy (non-hydrogen) atoms. The second kappa shape index (κ2) is 7.86. The largest absolute Gasteiger partial charge is 0.508 e. The minimum Gasteiger partial charge on any atom is -0.508 e. The Morgan fingerprint density at radius 2 is 1.72 bits per heavy atom. The maximum absolute atomic E-state index is 14.4.